The lowest BCUT2D eigenvalue weighted by atomic mass is 10.2. The summed E-state index contributed by atoms with van der Waals surface area (Å²) in [5.74, 6) is -0.387. The number of nitrogen functional groups attached to an aromatic ring is 1. The summed E-state index contributed by atoms with van der Waals surface area (Å²) in [5, 5.41) is 4.12. The SMILES string of the molecule is COc1ccc(OC(F)F)c(NC(=O)c2csc(N)n2)c1. The van der Waals surface area contributed by atoms with E-state index in [4.69, 9.17) is 10.5 Å². The second-order valence-corrected chi connectivity index (χ2v) is 4.66. The number of hydrogen-bond acceptors (Lipinski definition) is 6. The summed E-state index contributed by atoms with van der Waals surface area (Å²) in [4.78, 5) is 15.8. The maximum absolute atomic E-state index is 12.4. The Kier molecular flexibility index (Phi) is 4.53. The highest BCUT2D eigenvalue weighted by atomic mass is 32.1. The number of thiazole rings is 1. The minimum atomic E-state index is -3.01. The Balaban J connectivity index is 2.25. The van der Waals surface area contributed by atoms with Crippen molar-refractivity contribution in [1.29, 1.82) is 0 Å². The van der Waals surface area contributed by atoms with Crippen LogP contribution in [0.2, 0.25) is 0 Å². The smallest absolute Gasteiger partial charge is 0.387 e. The van der Waals surface area contributed by atoms with Gasteiger partial charge in [0.05, 0.1) is 12.8 Å². The number of hydrogen-bond donors (Lipinski definition) is 2. The molecule has 0 fully saturated rings. The molecule has 0 bridgehead atoms. The highest BCUT2D eigenvalue weighted by Crippen LogP contribution is 2.31. The lowest BCUT2D eigenvalue weighted by Gasteiger charge is -2.12. The van der Waals surface area contributed by atoms with Gasteiger partial charge >= 0.3 is 6.61 Å². The van der Waals surface area contributed by atoms with E-state index in [1.165, 1.54) is 30.7 Å². The molecule has 6 nitrogen and oxygen atoms in total. The van der Waals surface area contributed by atoms with E-state index in [9.17, 15) is 13.6 Å². The molecule has 0 atom stereocenters. The third-order valence-electron chi connectivity index (χ3n) is 2.41. The van der Waals surface area contributed by atoms with Crippen molar-refractivity contribution >= 4 is 28.1 Å². The largest absolute Gasteiger partial charge is 0.497 e. The number of amides is 1. The average Bonchev–Trinajstić information content (AvgIpc) is 2.87. The fraction of sp³-hybridized carbons (Fsp3) is 0.167. The lowest BCUT2D eigenvalue weighted by molar-refractivity contribution is -0.0494. The minimum Gasteiger partial charge on any atom is -0.497 e. The Hall–Kier alpha value is -2.42. The second-order valence-electron chi connectivity index (χ2n) is 3.77. The standard InChI is InChI=1S/C12H11F2N3O3S/c1-19-6-2-3-9(20-11(13)14)7(4-6)16-10(18)8-5-21-12(15)17-8/h2-5,11H,1H3,(H2,15,17)(H,16,18). The summed E-state index contributed by atoms with van der Waals surface area (Å²) < 4.78 is 34.0. The summed E-state index contributed by atoms with van der Waals surface area (Å²) in [6.07, 6.45) is 0. The van der Waals surface area contributed by atoms with Crippen molar-refractivity contribution in [1.82, 2.24) is 4.98 Å². The zero-order valence-electron chi connectivity index (χ0n) is 10.8. The molecule has 1 amide bonds. The number of nitrogens with one attached hydrogen (secondary N) is 1. The third-order valence-corrected chi connectivity index (χ3v) is 3.08. The number of carbonyl (C=O) groups excluding carboxylic acids is 1. The molecule has 112 valence electrons. The van der Waals surface area contributed by atoms with Gasteiger partial charge in [-0.2, -0.15) is 8.78 Å². The molecule has 1 aromatic carbocycles. The number of anilines is 2. The first-order valence-electron chi connectivity index (χ1n) is 5.65. The van der Waals surface area contributed by atoms with Crippen molar-refractivity contribution in [3.8, 4) is 11.5 Å². The van der Waals surface area contributed by atoms with E-state index in [0.29, 0.717) is 5.75 Å². The molecule has 0 saturated heterocycles. The van der Waals surface area contributed by atoms with Gasteiger partial charge in [0, 0.05) is 11.4 Å². The maximum Gasteiger partial charge on any atom is 0.387 e. The summed E-state index contributed by atoms with van der Waals surface area (Å²) in [6.45, 7) is -3.01. The third kappa shape index (κ3) is 3.78. The van der Waals surface area contributed by atoms with Gasteiger partial charge in [-0.1, -0.05) is 0 Å². The predicted octanol–water partition coefficient (Wildman–Crippen LogP) is 2.59. The Labute approximate surface area is 122 Å². The number of benzene rings is 1. The van der Waals surface area contributed by atoms with Gasteiger partial charge < -0.3 is 20.5 Å². The van der Waals surface area contributed by atoms with Crippen LogP contribution in [-0.4, -0.2) is 24.6 Å². The molecule has 0 aliphatic rings. The van der Waals surface area contributed by atoms with Crippen LogP contribution in [0.25, 0.3) is 0 Å². The zero-order valence-corrected chi connectivity index (χ0v) is 11.6. The van der Waals surface area contributed by atoms with Crippen molar-refractivity contribution < 1.29 is 23.0 Å². The molecule has 21 heavy (non-hydrogen) atoms. The molecule has 0 unspecified atom stereocenters. The number of alkyl halides is 2. The van der Waals surface area contributed by atoms with Gasteiger partial charge in [-0.25, -0.2) is 4.98 Å². The molecule has 1 aromatic heterocycles. The highest BCUT2D eigenvalue weighted by molar-refractivity contribution is 7.13. The van der Waals surface area contributed by atoms with Crippen LogP contribution < -0.4 is 20.5 Å². The number of nitrogens with zero attached hydrogens (tertiary/aromatic N) is 1. The lowest BCUT2D eigenvalue weighted by Crippen LogP contribution is -2.14. The first kappa shape index (κ1) is 15.0. The molecule has 0 saturated carbocycles. The highest BCUT2D eigenvalue weighted by Gasteiger charge is 2.16. The van der Waals surface area contributed by atoms with Gasteiger partial charge in [-0.3, -0.25) is 4.79 Å². The molecule has 3 N–H and O–H groups in total. The Morgan fingerprint density at radius 1 is 1.48 bits per heavy atom. The van der Waals surface area contributed by atoms with Crippen molar-refractivity contribution in [2.24, 2.45) is 0 Å². The molecule has 1 heterocycles. The summed E-state index contributed by atoms with van der Waals surface area (Å²) >= 11 is 1.10. The number of nitrogens with two attached hydrogens (primary N) is 1. The number of ether oxygens (including phenoxy) is 2. The maximum atomic E-state index is 12.4. The summed E-state index contributed by atoms with van der Waals surface area (Å²) in [5.41, 5.74) is 5.57. The fourth-order valence-electron chi connectivity index (χ4n) is 1.51. The van der Waals surface area contributed by atoms with Gasteiger partial charge in [0.15, 0.2) is 5.13 Å². The Bertz CT molecular complexity index is 648. The van der Waals surface area contributed by atoms with Crippen molar-refractivity contribution in [3.63, 3.8) is 0 Å². The molecule has 9 heteroatoms. The molecule has 0 spiro atoms. The van der Waals surface area contributed by atoms with Crippen LogP contribution in [-0.2, 0) is 0 Å². The van der Waals surface area contributed by atoms with Crippen LogP contribution in [0.3, 0.4) is 0 Å². The number of methoxy groups -OCH3 is 1. The molecule has 0 aliphatic carbocycles. The van der Waals surface area contributed by atoms with Gasteiger partial charge in [0.1, 0.15) is 17.2 Å². The topological polar surface area (TPSA) is 86.5 Å². The van der Waals surface area contributed by atoms with E-state index in [-0.39, 0.29) is 22.3 Å². The normalized spacial score (nSPS) is 10.5. The number of aromatic nitrogens is 1. The van der Waals surface area contributed by atoms with Crippen LogP contribution >= 0.6 is 11.3 Å². The Morgan fingerprint density at radius 3 is 2.81 bits per heavy atom. The first-order valence-corrected chi connectivity index (χ1v) is 6.52. The van der Waals surface area contributed by atoms with Gasteiger partial charge in [-0.05, 0) is 12.1 Å². The molecule has 2 rings (SSSR count). The van der Waals surface area contributed by atoms with Gasteiger partial charge in [0.25, 0.3) is 5.91 Å². The fourth-order valence-corrected chi connectivity index (χ4v) is 2.05. The zero-order chi connectivity index (χ0) is 15.4. The molecule has 0 aliphatic heterocycles. The number of halogens is 2. The summed E-state index contributed by atoms with van der Waals surface area (Å²) in [6, 6.07) is 4.08. The molecule has 0 radical (unpaired) electrons. The first-order chi connectivity index (χ1) is 9.99. The Morgan fingerprint density at radius 2 is 2.24 bits per heavy atom. The quantitative estimate of drug-likeness (QED) is 0.885. The van der Waals surface area contributed by atoms with E-state index < -0.39 is 12.5 Å². The van der Waals surface area contributed by atoms with Crippen LogP contribution in [0.15, 0.2) is 23.6 Å². The van der Waals surface area contributed by atoms with Crippen molar-refractivity contribution in [2.75, 3.05) is 18.2 Å². The monoisotopic (exact) mass is 315 g/mol. The number of carbonyl (C=O) groups is 1. The predicted molar refractivity (Wildman–Crippen MR) is 74.1 cm³/mol. The van der Waals surface area contributed by atoms with Gasteiger partial charge in [-0.15, -0.1) is 11.3 Å². The van der Waals surface area contributed by atoms with Crippen LogP contribution in [0.1, 0.15) is 10.5 Å². The van der Waals surface area contributed by atoms with E-state index in [1.54, 1.807) is 0 Å². The average molecular weight is 315 g/mol. The number of rotatable bonds is 5. The minimum absolute atomic E-state index is 0.0474. The van der Waals surface area contributed by atoms with E-state index in [2.05, 4.69) is 15.0 Å². The second kappa shape index (κ2) is 6.35. The van der Waals surface area contributed by atoms with Crippen molar-refractivity contribution in [3.05, 3.63) is 29.3 Å². The summed E-state index contributed by atoms with van der Waals surface area (Å²) in [7, 11) is 1.41. The van der Waals surface area contributed by atoms with Crippen molar-refractivity contribution in [2.45, 2.75) is 6.61 Å². The van der Waals surface area contributed by atoms with E-state index in [0.717, 1.165) is 11.3 Å². The molecule has 2 aromatic rings. The van der Waals surface area contributed by atoms with Gasteiger partial charge in [0.2, 0.25) is 0 Å². The van der Waals surface area contributed by atoms with E-state index >= 15 is 0 Å². The van der Waals surface area contributed by atoms with Crippen LogP contribution in [0, 0.1) is 0 Å². The van der Waals surface area contributed by atoms with Crippen LogP contribution in [0.5, 0.6) is 11.5 Å². The van der Waals surface area contributed by atoms with E-state index in [1.807, 2.05) is 0 Å². The van der Waals surface area contributed by atoms with Crippen LogP contribution in [0.4, 0.5) is 19.6 Å². The molecular formula is C12H11F2N3O3S. The molecular weight excluding hydrogens is 304 g/mol.